The van der Waals surface area contributed by atoms with E-state index in [-0.39, 0.29) is 11.4 Å². The van der Waals surface area contributed by atoms with Crippen LogP contribution in [0.1, 0.15) is 57.6 Å². The van der Waals surface area contributed by atoms with Gasteiger partial charge in [0.1, 0.15) is 16.9 Å². The lowest BCUT2D eigenvalue weighted by molar-refractivity contribution is 0.0430. The third kappa shape index (κ3) is 5.33. The van der Waals surface area contributed by atoms with Gasteiger partial charge in [0.05, 0.1) is 5.69 Å². The molecule has 0 bridgehead atoms. The van der Waals surface area contributed by atoms with Crippen molar-refractivity contribution in [2.45, 2.75) is 59.7 Å². The van der Waals surface area contributed by atoms with Crippen LogP contribution in [0.4, 0.5) is 15.3 Å². The van der Waals surface area contributed by atoms with Gasteiger partial charge in [0.25, 0.3) is 0 Å². The van der Waals surface area contributed by atoms with Gasteiger partial charge in [0, 0.05) is 6.20 Å². The minimum Gasteiger partial charge on any atom is -0.443 e. The van der Waals surface area contributed by atoms with E-state index in [1.807, 2.05) is 0 Å². The predicted molar refractivity (Wildman–Crippen MR) is 89.3 cm³/mol. The Balaban J connectivity index is 3.42. The van der Waals surface area contributed by atoms with Crippen LogP contribution in [0.3, 0.4) is 0 Å². The minimum absolute atomic E-state index is 0.0493. The number of aldehydes is 1. The highest BCUT2D eigenvalue weighted by Crippen LogP contribution is 2.26. The summed E-state index contributed by atoms with van der Waals surface area (Å²) in [5.74, 6) is 0. The van der Waals surface area contributed by atoms with E-state index in [0.717, 1.165) is 0 Å². The van der Waals surface area contributed by atoms with Crippen molar-refractivity contribution >= 4 is 24.2 Å². The number of ether oxygens (including phenoxy) is 2. The van der Waals surface area contributed by atoms with Gasteiger partial charge in [0.2, 0.25) is 0 Å². The number of imide groups is 1. The second-order valence-electron chi connectivity index (χ2n) is 7.28. The molecule has 0 unspecified atom stereocenters. The first-order valence-electron chi connectivity index (χ1n) is 7.52. The van der Waals surface area contributed by atoms with Gasteiger partial charge in [-0.3, -0.25) is 9.78 Å². The molecule has 1 rings (SSSR count). The summed E-state index contributed by atoms with van der Waals surface area (Å²) < 4.78 is 10.6. The van der Waals surface area contributed by atoms with E-state index in [4.69, 9.17) is 9.47 Å². The molecular formula is C17H24N2O5. The highest BCUT2D eigenvalue weighted by molar-refractivity contribution is 6.12. The maximum absolute atomic E-state index is 12.6. The molecule has 132 valence electrons. The second kappa shape index (κ2) is 6.98. The number of rotatable bonds is 2. The highest BCUT2D eigenvalue weighted by Gasteiger charge is 2.35. The Kier molecular flexibility index (Phi) is 5.71. The van der Waals surface area contributed by atoms with Gasteiger partial charge in [0.15, 0.2) is 6.29 Å². The molecule has 0 aliphatic rings. The minimum atomic E-state index is -0.934. The molecule has 1 aromatic rings. The smallest absolute Gasteiger partial charge is 0.424 e. The molecule has 0 fully saturated rings. The maximum atomic E-state index is 12.6. The van der Waals surface area contributed by atoms with Crippen LogP contribution in [0.25, 0.3) is 0 Å². The number of pyridine rings is 1. The van der Waals surface area contributed by atoms with E-state index < -0.39 is 23.4 Å². The van der Waals surface area contributed by atoms with Crippen LogP contribution in [0.2, 0.25) is 0 Å². The number of hydrogen-bond acceptors (Lipinski definition) is 6. The van der Waals surface area contributed by atoms with Crippen molar-refractivity contribution in [2.75, 3.05) is 4.90 Å². The average molecular weight is 336 g/mol. The predicted octanol–water partition coefficient (Wildman–Crippen LogP) is 3.88. The van der Waals surface area contributed by atoms with E-state index in [1.54, 1.807) is 54.5 Å². The van der Waals surface area contributed by atoms with Crippen molar-refractivity contribution < 1.29 is 23.9 Å². The Morgan fingerprint density at radius 2 is 1.50 bits per heavy atom. The fourth-order valence-electron chi connectivity index (χ4n) is 1.82. The largest absolute Gasteiger partial charge is 0.443 e. The second-order valence-corrected chi connectivity index (χ2v) is 7.28. The monoisotopic (exact) mass is 336 g/mol. The van der Waals surface area contributed by atoms with Gasteiger partial charge in [-0.15, -0.1) is 0 Å². The summed E-state index contributed by atoms with van der Waals surface area (Å²) in [7, 11) is 0. The van der Waals surface area contributed by atoms with Crippen LogP contribution in [-0.2, 0) is 9.47 Å². The first-order valence-corrected chi connectivity index (χ1v) is 7.52. The Labute approximate surface area is 142 Å². The Morgan fingerprint density at radius 1 is 1.04 bits per heavy atom. The molecule has 24 heavy (non-hydrogen) atoms. The van der Waals surface area contributed by atoms with Crippen LogP contribution in [-0.4, -0.2) is 34.7 Å². The SMILES string of the molecule is Cc1ccnc(C=O)c1N(C(=O)OC(C)(C)C)C(=O)OC(C)(C)C. The summed E-state index contributed by atoms with van der Waals surface area (Å²) in [4.78, 5) is 41.1. The molecule has 0 saturated carbocycles. The number of carbonyl (C=O) groups is 3. The molecule has 0 aliphatic heterocycles. The normalized spacial score (nSPS) is 11.6. The molecule has 0 radical (unpaired) electrons. The highest BCUT2D eigenvalue weighted by atomic mass is 16.6. The number of amides is 2. The van der Waals surface area contributed by atoms with Crippen molar-refractivity contribution in [2.24, 2.45) is 0 Å². The number of aromatic nitrogens is 1. The molecular weight excluding hydrogens is 312 g/mol. The standard InChI is InChI=1S/C17H24N2O5/c1-11-8-9-18-12(10-20)13(11)19(14(21)23-16(2,3)4)15(22)24-17(5,6)7/h8-10H,1-7H3. The van der Waals surface area contributed by atoms with Crippen LogP contribution < -0.4 is 4.90 Å². The van der Waals surface area contributed by atoms with E-state index in [0.29, 0.717) is 16.7 Å². The van der Waals surface area contributed by atoms with Crippen LogP contribution >= 0.6 is 0 Å². The number of anilines is 1. The molecule has 0 atom stereocenters. The summed E-state index contributed by atoms with van der Waals surface area (Å²) in [6, 6.07) is 1.59. The molecule has 7 nitrogen and oxygen atoms in total. The lowest BCUT2D eigenvalue weighted by atomic mass is 10.1. The Hall–Kier alpha value is -2.44. The topological polar surface area (TPSA) is 85.8 Å². The maximum Gasteiger partial charge on any atom is 0.424 e. The van der Waals surface area contributed by atoms with Crippen molar-refractivity contribution in [1.82, 2.24) is 4.98 Å². The Morgan fingerprint density at radius 3 is 1.88 bits per heavy atom. The van der Waals surface area contributed by atoms with Crippen molar-refractivity contribution in [1.29, 1.82) is 0 Å². The quantitative estimate of drug-likeness (QED) is 0.762. The molecule has 0 aliphatic carbocycles. The zero-order chi connectivity index (χ0) is 18.7. The van der Waals surface area contributed by atoms with Gasteiger partial charge in [-0.1, -0.05) is 0 Å². The molecule has 2 amide bonds. The number of aryl methyl sites for hydroxylation is 1. The van der Waals surface area contributed by atoms with Crippen molar-refractivity contribution in [3.8, 4) is 0 Å². The summed E-state index contributed by atoms with van der Waals surface area (Å²) in [6.07, 6.45) is 0.0292. The summed E-state index contributed by atoms with van der Waals surface area (Å²) in [5.41, 5.74) is -1.13. The van der Waals surface area contributed by atoms with Crippen LogP contribution in [0.5, 0.6) is 0 Å². The van der Waals surface area contributed by atoms with Crippen molar-refractivity contribution in [3.05, 3.63) is 23.5 Å². The molecule has 0 spiro atoms. The fraction of sp³-hybridized carbons (Fsp3) is 0.529. The van der Waals surface area contributed by atoms with Crippen LogP contribution in [0, 0.1) is 6.92 Å². The number of carbonyl (C=O) groups excluding carboxylic acids is 3. The lowest BCUT2D eigenvalue weighted by Gasteiger charge is -2.29. The zero-order valence-corrected chi connectivity index (χ0v) is 15.2. The fourth-order valence-corrected chi connectivity index (χ4v) is 1.82. The van der Waals surface area contributed by atoms with Gasteiger partial charge in [-0.25, -0.2) is 9.59 Å². The summed E-state index contributed by atoms with van der Waals surface area (Å²) >= 11 is 0. The van der Waals surface area contributed by atoms with E-state index in [1.165, 1.54) is 6.20 Å². The van der Waals surface area contributed by atoms with E-state index in [2.05, 4.69) is 4.98 Å². The van der Waals surface area contributed by atoms with Crippen LogP contribution in [0.15, 0.2) is 12.3 Å². The first kappa shape index (κ1) is 19.6. The first-order chi connectivity index (χ1) is 10.9. The molecule has 0 aromatic carbocycles. The summed E-state index contributed by atoms with van der Waals surface area (Å²) in [5, 5.41) is 0. The van der Waals surface area contributed by atoms with Gasteiger partial charge >= 0.3 is 12.2 Å². The van der Waals surface area contributed by atoms with Crippen molar-refractivity contribution in [3.63, 3.8) is 0 Å². The summed E-state index contributed by atoms with van der Waals surface area (Å²) in [6.45, 7) is 11.7. The lowest BCUT2D eigenvalue weighted by Crippen LogP contribution is -2.44. The number of nitrogens with zero attached hydrogens (tertiary/aromatic N) is 2. The van der Waals surface area contributed by atoms with Gasteiger partial charge < -0.3 is 9.47 Å². The molecule has 7 heteroatoms. The Bertz CT molecular complexity index is 613. The molecule has 1 aromatic heterocycles. The van der Waals surface area contributed by atoms with E-state index in [9.17, 15) is 14.4 Å². The zero-order valence-electron chi connectivity index (χ0n) is 15.2. The van der Waals surface area contributed by atoms with Gasteiger partial charge in [-0.05, 0) is 60.1 Å². The third-order valence-corrected chi connectivity index (χ3v) is 2.64. The third-order valence-electron chi connectivity index (χ3n) is 2.64. The molecule has 0 N–H and O–H groups in total. The molecule has 1 heterocycles. The van der Waals surface area contributed by atoms with Gasteiger partial charge in [-0.2, -0.15) is 4.90 Å². The molecule has 0 saturated heterocycles. The van der Waals surface area contributed by atoms with E-state index >= 15 is 0 Å². The average Bonchev–Trinajstić information content (AvgIpc) is 2.36. The number of hydrogen-bond donors (Lipinski definition) is 0.